The number of aryl methyl sites for hydroxylation is 1. The van der Waals surface area contributed by atoms with Crippen LogP contribution in [0.2, 0.25) is 0 Å². The maximum absolute atomic E-state index is 12.2. The Morgan fingerprint density at radius 1 is 1.48 bits per heavy atom. The molecule has 2 aromatic rings. The minimum absolute atomic E-state index is 0.0215. The summed E-state index contributed by atoms with van der Waals surface area (Å²) in [6.07, 6.45) is 3.00. The van der Waals surface area contributed by atoms with Gasteiger partial charge < -0.3 is 5.11 Å². The molecule has 0 bridgehead atoms. The van der Waals surface area contributed by atoms with Crippen LogP contribution < -0.4 is 4.72 Å². The number of aromatic nitrogens is 2. The Bertz CT molecular complexity index is 774. The van der Waals surface area contributed by atoms with Crippen molar-refractivity contribution in [2.24, 2.45) is 0 Å². The van der Waals surface area contributed by atoms with Crippen molar-refractivity contribution in [2.45, 2.75) is 31.0 Å². The highest BCUT2D eigenvalue weighted by Crippen LogP contribution is 2.27. The van der Waals surface area contributed by atoms with Gasteiger partial charge in [-0.2, -0.15) is 5.10 Å². The van der Waals surface area contributed by atoms with Crippen LogP contribution in [0.15, 0.2) is 22.7 Å². The molecule has 0 unspecified atom stereocenters. The molecule has 0 amide bonds. The summed E-state index contributed by atoms with van der Waals surface area (Å²) in [5.74, 6) is -1.13. The number of anilines is 1. The van der Waals surface area contributed by atoms with Crippen molar-refractivity contribution >= 4 is 33.0 Å². The lowest BCUT2D eigenvalue weighted by molar-refractivity contribution is 0.0701. The average Bonchev–Trinajstić information content (AvgIpc) is 2.95. The van der Waals surface area contributed by atoms with Crippen LogP contribution in [0.5, 0.6) is 0 Å². The summed E-state index contributed by atoms with van der Waals surface area (Å²) in [6.45, 7) is 5.41. The van der Waals surface area contributed by atoms with E-state index >= 15 is 0 Å². The lowest BCUT2D eigenvalue weighted by Gasteiger charge is -2.04. The highest BCUT2D eigenvalue weighted by atomic mass is 32.2. The summed E-state index contributed by atoms with van der Waals surface area (Å²) in [6, 6.07) is 1.47. The molecular formula is C12H15N3O4S2. The van der Waals surface area contributed by atoms with Gasteiger partial charge in [-0.15, -0.1) is 11.3 Å². The van der Waals surface area contributed by atoms with Crippen LogP contribution in [-0.4, -0.2) is 29.3 Å². The van der Waals surface area contributed by atoms with Gasteiger partial charge in [-0.3, -0.25) is 9.40 Å². The molecule has 0 radical (unpaired) electrons. The van der Waals surface area contributed by atoms with Gasteiger partial charge in [0.15, 0.2) is 0 Å². The van der Waals surface area contributed by atoms with E-state index in [0.29, 0.717) is 11.3 Å². The third-order valence-electron chi connectivity index (χ3n) is 2.74. The van der Waals surface area contributed by atoms with Crippen molar-refractivity contribution in [1.82, 2.24) is 9.78 Å². The van der Waals surface area contributed by atoms with Gasteiger partial charge in [0.25, 0.3) is 10.0 Å². The number of carbonyl (C=O) groups is 1. The van der Waals surface area contributed by atoms with Gasteiger partial charge in [0.05, 0.1) is 11.9 Å². The Morgan fingerprint density at radius 3 is 2.62 bits per heavy atom. The molecule has 114 valence electrons. The summed E-state index contributed by atoms with van der Waals surface area (Å²) >= 11 is 0.730. The van der Waals surface area contributed by atoms with Crippen molar-refractivity contribution in [2.75, 3.05) is 4.72 Å². The number of nitrogens with zero attached hydrogens (tertiary/aromatic N) is 2. The predicted octanol–water partition coefficient (Wildman–Crippen LogP) is 2.33. The van der Waals surface area contributed by atoms with Gasteiger partial charge in [-0.25, -0.2) is 13.2 Å². The van der Waals surface area contributed by atoms with E-state index in [4.69, 9.17) is 5.11 Å². The molecule has 0 atom stereocenters. The predicted molar refractivity (Wildman–Crippen MR) is 79.4 cm³/mol. The van der Waals surface area contributed by atoms with Crippen LogP contribution in [0.4, 0.5) is 5.69 Å². The first-order chi connectivity index (χ1) is 9.70. The number of carboxylic acid groups (broad SMARTS) is 1. The van der Waals surface area contributed by atoms with E-state index in [9.17, 15) is 13.2 Å². The molecule has 2 aromatic heterocycles. The van der Waals surface area contributed by atoms with E-state index in [2.05, 4.69) is 9.82 Å². The van der Waals surface area contributed by atoms with Crippen molar-refractivity contribution in [1.29, 1.82) is 0 Å². The van der Waals surface area contributed by atoms with Crippen LogP contribution in [0.1, 0.15) is 35.1 Å². The van der Waals surface area contributed by atoms with Crippen LogP contribution in [0.3, 0.4) is 0 Å². The minimum Gasteiger partial charge on any atom is -0.477 e. The van der Waals surface area contributed by atoms with Crippen molar-refractivity contribution in [3.8, 4) is 0 Å². The van der Waals surface area contributed by atoms with E-state index in [1.54, 1.807) is 17.8 Å². The third-order valence-corrected chi connectivity index (χ3v) is 5.82. The van der Waals surface area contributed by atoms with Gasteiger partial charge in [0.2, 0.25) is 0 Å². The standard InChI is InChI=1S/C12H15N3O4S2/c1-7(2)15-6-9(5-13-15)14-21(18,19)10-4-8(3)11(20-10)12(16)17/h4-7,14H,1-3H3,(H,16,17). The molecule has 0 aliphatic heterocycles. The van der Waals surface area contributed by atoms with E-state index in [1.807, 2.05) is 13.8 Å². The monoisotopic (exact) mass is 329 g/mol. The Balaban J connectivity index is 2.29. The van der Waals surface area contributed by atoms with Crippen LogP contribution >= 0.6 is 11.3 Å². The number of hydrogen-bond donors (Lipinski definition) is 2. The van der Waals surface area contributed by atoms with Gasteiger partial charge in [0, 0.05) is 12.2 Å². The summed E-state index contributed by atoms with van der Waals surface area (Å²) in [5.41, 5.74) is 0.761. The van der Waals surface area contributed by atoms with Crippen LogP contribution in [-0.2, 0) is 10.0 Å². The van der Waals surface area contributed by atoms with E-state index < -0.39 is 16.0 Å². The fraction of sp³-hybridized carbons (Fsp3) is 0.333. The Kier molecular flexibility index (Phi) is 4.06. The number of hydrogen-bond acceptors (Lipinski definition) is 5. The normalized spacial score (nSPS) is 11.8. The molecule has 7 nitrogen and oxygen atoms in total. The SMILES string of the molecule is Cc1cc(S(=O)(=O)Nc2cnn(C(C)C)c2)sc1C(=O)O. The van der Waals surface area contributed by atoms with Gasteiger partial charge in [-0.05, 0) is 32.4 Å². The van der Waals surface area contributed by atoms with Crippen LogP contribution in [0, 0.1) is 6.92 Å². The largest absolute Gasteiger partial charge is 0.477 e. The maximum atomic E-state index is 12.2. The molecule has 0 saturated heterocycles. The van der Waals surface area contributed by atoms with E-state index in [-0.39, 0.29) is 15.1 Å². The summed E-state index contributed by atoms with van der Waals surface area (Å²) in [5, 5.41) is 13.0. The number of carboxylic acids is 1. The molecule has 2 rings (SSSR count). The zero-order valence-electron chi connectivity index (χ0n) is 11.7. The fourth-order valence-corrected chi connectivity index (χ4v) is 4.08. The first kappa shape index (κ1) is 15.5. The fourth-order valence-electron chi connectivity index (χ4n) is 1.68. The molecule has 0 spiro atoms. The molecule has 0 aliphatic carbocycles. The highest BCUT2D eigenvalue weighted by molar-refractivity contribution is 7.94. The number of thiophene rings is 1. The lowest BCUT2D eigenvalue weighted by Crippen LogP contribution is -2.11. The smallest absolute Gasteiger partial charge is 0.346 e. The van der Waals surface area contributed by atoms with Crippen molar-refractivity contribution < 1.29 is 18.3 Å². The number of sulfonamides is 1. The summed E-state index contributed by atoms with van der Waals surface area (Å²) in [4.78, 5) is 11.0. The second kappa shape index (κ2) is 5.49. The summed E-state index contributed by atoms with van der Waals surface area (Å²) in [7, 11) is -3.81. The number of rotatable bonds is 5. The second-order valence-electron chi connectivity index (χ2n) is 4.79. The zero-order chi connectivity index (χ0) is 15.8. The lowest BCUT2D eigenvalue weighted by atomic mass is 10.3. The average molecular weight is 329 g/mol. The van der Waals surface area contributed by atoms with Gasteiger partial charge in [-0.1, -0.05) is 0 Å². The zero-order valence-corrected chi connectivity index (χ0v) is 13.3. The first-order valence-corrected chi connectivity index (χ1v) is 8.41. The van der Waals surface area contributed by atoms with Crippen molar-refractivity contribution in [3.05, 3.63) is 28.9 Å². The van der Waals surface area contributed by atoms with Gasteiger partial charge in [0.1, 0.15) is 9.09 Å². The first-order valence-electron chi connectivity index (χ1n) is 6.11. The van der Waals surface area contributed by atoms with E-state index in [1.165, 1.54) is 12.3 Å². The van der Waals surface area contributed by atoms with Crippen molar-refractivity contribution in [3.63, 3.8) is 0 Å². The number of nitrogens with one attached hydrogen (secondary N) is 1. The molecule has 0 aliphatic rings. The number of aromatic carboxylic acids is 1. The molecule has 21 heavy (non-hydrogen) atoms. The topological polar surface area (TPSA) is 101 Å². The molecular weight excluding hydrogens is 314 g/mol. The Hall–Kier alpha value is -1.87. The Labute approximate surface area is 126 Å². The second-order valence-corrected chi connectivity index (χ2v) is 7.75. The van der Waals surface area contributed by atoms with E-state index in [0.717, 1.165) is 11.3 Å². The minimum atomic E-state index is -3.81. The molecule has 2 heterocycles. The Morgan fingerprint density at radius 2 is 2.14 bits per heavy atom. The molecule has 2 N–H and O–H groups in total. The molecule has 0 aromatic carbocycles. The highest BCUT2D eigenvalue weighted by Gasteiger charge is 2.22. The quantitative estimate of drug-likeness (QED) is 0.876. The summed E-state index contributed by atoms with van der Waals surface area (Å²) < 4.78 is 28.5. The third kappa shape index (κ3) is 3.24. The maximum Gasteiger partial charge on any atom is 0.346 e. The molecule has 9 heteroatoms. The van der Waals surface area contributed by atoms with Gasteiger partial charge >= 0.3 is 5.97 Å². The molecule has 0 fully saturated rings. The van der Waals surface area contributed by atoms with Crippen LogP contribution in [0.25, 0.3) is 0 Å². The molecule has 0 saturated carbocycles.